The molecular weight excluding hydrogens is 623 g/mol. The van der Waals surface area contributed by atoms with Gasteiger partial charge in [-0.1, -0.05) is 55.5 Å². The molecule has 7 nitrogen and oxygen atoms in total. The van der Waals surface area contributed by atoms with Gasteiger partial charge in [0.05, 0.1) is 50.3 Å². The summed E-state index contributed by atoms with van der Waals surface area (Å²) in [5.41, 5.74) is 6.45. The highest BCUT2D eigenvalue weighted by molar-refractivity contribution is 7.03. The van der Waals surface area contributed by atoms with Crippen LogP contribution in [0.5, 0.6) is 0 Å². The van der Waals surface area contributed by atoms with Crippen LogP contribution in [0.1, 0.15) is 130 Å². The molecule has 0 bridgehead atoms. The molecule has 1 aromatic heterocycles. The van der Waals surface area contributed by atoms with Gasteiger partial charge in [0.15, 0.2) is 0 Å². The largest absolute Gasteiger partial charge is 0.494 e. The van der Waals surface area contributed by atoms with Gasteiger partial charge in [-0.25, -0.2) is 0 Å². The van der Waals surface area contributed by atoms with E-state index in [1.165, 1.54) is 49.7 Å². The van der Waals surface area contributed by atoms with Gasteiger partial charge in [-0.15, -0.1) is 0 Å². The van der Waals surface area contributed by atoms with E-state index >= 15 is 0 Å². The fourth-order valence-corrected chi connectivity index (χ4v) is 8.39. The second-order valence-electron chi connectivity index (χ2n) is 17.9. The van der Waals surface area contributed by atoms with Gasteiger partial charge >= 0.3 is 21.5 Å². The van der Waals surface area contributed by atoms with Gasteiger partial charge in [-0.3, -0.25) is 0 Å². The van der Waals surface area contributed by atoms with E-state index in [0.29, 0.717) is 0 Å². The van der Waals surface area contributed by atoms with Crippen molar-refractivity contribution in [1.82, 2.24) is 4.57 Å². The molecule has 0 aliphatic carbocycles. The third-order valence-electron chi connectivity index (χ3n) is 13.4. The molecule has 4 aliphatic rings. The van der Waals surface area contributed by atoms with Crippen molar-refractivity contribution in [2.24, 2.45) is 0 Å². The number of benzene rings is 3. The Morgan fingerprint density at radius 2 is 1.40 bits per heavy atom. The second kappa shape index (κ2) is 10.7. The summed E-state index contributed by atoms with van der Waals surface area (Å²) >= 11 is 0. The van der Waals surface area contributed by atoms with E-state index in [9.17, 15) is 5.11 Å². The van der Waals surface area contributed by atoms with E-state index in [-0.39, 0.29) is 11.8 Å². The number of rotatable bonds is 8. The molecule has 5 heterocycles. The highest BCUT2D eigenvalue weighted by atomic mass is 16.7. The summed E-state index contributed by atoms with van der Waals surface area (Å²) < 4.78 is 35.1. The minimum Gasteiger partial charge on any atom is -0.435 e. The van der Waals surface area contributed by atoms with Crippen LogP contribution in [0.2, 0.25) is 0 Å². The minimum absolute atomic E-state index is 0.116. The molecule has 3 unspecified atom stereocenters. The maximum Gasteiger partial charge on any atom is 0.494 e. The van der Waals surface area contributed by atoms with Crippen LogP contribution in [0, 0.1) is 0 Å². The van der Waals surface area contributed by atoms with E-state index in [1.807, 2.05) is 13.8 Å². The summed E-state index contributed by atoms with van der Waals surface area (Å²) in [5.74, 6) is 0.396. The van der Waals surface area contributed by atoms with E-state index in [0.717, 1.165) is 18.3 Å². The molecule has 2 fully saturated rings. The normalized spacial score (nSPS) is 26.1. The number of fused-ring (bicyclic) bond motifs is 1. The number of para-hydroxylation sites is 2. The molecule has 1 radical (unpaired) electrons. The van der Waals surface area contributed by atoms with Crippen molar-refractivity contribution < 1.29 is 28.4 Å². The van der Waals surface area contributed by atoms with Crippen molar-refractivity contribution >= 4 is 48.8 Å². The maximum absolute atomic E-state index is 10.6. The Hall–Kier alpha value is -2.59. The second-order valence-corrected chi connectivity index (χ2v) is 17.9. The molecule has 0 saturated carbocycles. The van der Waals surface area contributed by atoms with Crippen LogP contribution < -0.4 is 5.46 Å². The lowest BCUT2D eigenvalue weighted by atomic mass is 9.55. The molecule has 2 saturated heterocycles. The summed E-state index contributed by atoms with van der Waals surface area (Å²) in [7, 11) is 0.480. The van der Waals surface area contributed by atoms with Crippen LogP contribution in [-0.4, -0.2) is 64.8 Å². The Balaban J connectivity index is 1.22. The Labute approximate surface area is 298 Å². The maximum atomic E-state index is 10.6. The summed E-state index contributed by atoms with van der Waals surface area (Å²) in [5, 5.41) is 13.2. The van der Waals surface area contributed by atoms with Gasteiger partial charge in [-0.2, -0.15) is 0 Å². The molecule has 4 aromatic rings. The van der Waals surface area contributed by atoms with Gasteiger partial charge in [-0.05, 0) is 117 Å². The number of hydrogen-bond donors (Lipinski definition) is 1. The standard InChI is InChI=1S/C40H51B3NO6/c1-23-25-15-13-17-28-27(19-20-40(12)39(10,11)49-43(50-40)41-46-36(4,5)35(2,3)45)30-21-24(42-47-37(6,7)38(8,9)48-42)22-31-29-18-14-16-26(23)33(29)44(32(25)28)34(30)31/h13-18,21-23,27,45H,19-20H2,1-12H3. The summed E-state index contributed by atoms with van der Waals surface area (Å²) in [6.07, 6.45) is 1.62. The highest BCUT2D eigenvalue weighted by Crippen LogP contribution is 2.54. The monoisotopic (exact) mass is 674 g/mol. The predicted octanol–water partition coefficient (Wildman–Crippen LogP) is 7.53. The Morgan fingerprint density at radius 3 is 2.08 bits per heavy atom. The van der Waals surface area contributed by atoms with E-state index < -0.39 is 47.7 Å². The molecule has 1 N–H and O–H groups in total. The third-order valence-corrected chi connectivity index (χ3v) is 13.4. The van der Waals surface area contributed by atoms with Gasteiger partial charge in [0.2, 0.25) is 0 Å². The first-order chi connectivity index (χ1) is 23.2. The molecule has 3 aromatic carbocycles. The first kappa shape index (κ1) is 34.5. The average molecular weight is 674 g/mol. The van der Waals surface area contributed by atoms with Crippen LogP contribution in [0.4, 0.5) is 0 Å². The van der Waals surface area contributed by atoms with Crippen molar-refractivity contribution in [3.63, 3.8) is 0 Å². The molecule has 0 amide bonds. The lowest BCUT2D eigenvalue weighted by Gasteiger charge is -2.39. The van der Waals surface area contributed by atoms with Crippen LogP contribution >= 0.6 is 0 Å². The topological polar surface area (TPSA) is 71.3 Å². The van der Waals surface area contributed by atoms with Gasteiger partial charge in [0.1, 0.15) is 0 Å². The highest BCUT2D eigenvalue weighted by Gasteiger charge is 2.56. The number of aliphatic hydroxyl groups is 1. The number of aromatic nitrogens is 1. The lowest BCUT2D eigenvalue weighted by Crippen LogP contribution is -2.50. The summed E-state index contributed by atoms with van der Waals surface area (Å²) in [6, 6.07) is 18.3. The minimum atomic E-state index is -1.04. The Bertz CT molecular complexity index is 2030. The van der Waals surface area contributed by atoms with Gasteiger partial charge in [0, 0.05) is 22.6 Å². The van der Waals surface area contributed by atoms with Crippen molar-refractivity contribution in [3.05, 3.63) is 70.8 Å². The van der Waals surface area contributed by atoms with Gasteiger partial charge in [0.25, 0.3) is 0 Å². The van der Waals surface area contributed by atoms with Crippen molar-refractivity contribution in [3.8, 4) is 5.69 Å². The van der Waals surface area contributed by atoms with E-state index in [1.54, 1.807) is 21.2 Å². The van der Waals surface area contributed by atoms with Crippen LogP contribution in [0.15, 0.2) is 48.5 Å². The van der Waals surface area contributed by atoms with Crippen LogP contribution in [0.25, 0.3) is 27.5 Å². The predicted molar refractivity (Wildman–Crippen MR) is 203 cm³/mol. The van der Waals surface area contributed by atoms with Gasteiger partial charge < -0.3 is 32.9 Å². The molecular formula is C40H51B3NO6. The van der Waals surface area contributed by atoms with E-state index in [2.05, 4.69) is 108 Å². The quantitative estimate of drug-likeness (QED) is 0.195. The smallest absolute Gasteiger partial charge is 0.435 e. The average Bonchev–Trinajstić information content (AvgIpc) is 3.56. The Kier molecular flexibility index (Phi) is 7.41. The zero-order valence-electron chi connectivity index (χ0n) is 31.9. The molecule has 261 valence electrons. The molecule has 10 heteroatoms. The molecule has 4 aliphatic heterocycles. The number of nitrogens with zero attached hydrogens (tertiary/aromatic N) is 1. The SMILES string of the molecule is CC1c2cccc3c2-n2c4c1cccc4c1cc(B4OC(C)(C)C(C)(C)O4)cc(c12)C3CCC1(C)OB([B]OC(C)(C)C(C)(C)O)OC1(C)C. The summed E-state index contributed by atoms with van der Waals surface area (Å²) in [4.78, 5) is 0. The molecule has 3 atom stereocenters. The van der Waals surface area contributed by atoms with Crippen molar-refractivity contribution in [2.45, 2.75) is 141 Å². The zero-order chi connectivity index (χ0) is 36.0. The molecule has 50 heavy (non-hydrogen) atoms. The fraction of sp³-hybridized carbons (Fsp3) is 0.550. The first-order valence-electron chi connectivity index (χ1n) is 18.4. The molecule has 0 spiro atoms. The van der Waals surface area contributed by atoms with Crippen LogP contribution in [-0.2, 0) is 23.3 Å². The number of hydrogen-bond acceptors (Lipinski definition) is 6. The lowest BCUT2D eigenvalue weighted by molar-refractivity contribution is -0.0894. The summed E-state index contributed by atoms with van der Waals surface area (Å²) in [6.45, 7) is 24.4. The fourth-order valence-electron chi connectivity index (χ4n) is 8.39. The van der Waals surface area contributed by atoms with E-state index in [4.69, 9.17) is 23.3 Å². The first-order valence-corrected chi connectivity index (χ1v) is 18.4. The molecule has 8 rings (SSSR count). The third kappa shape index (κ3) is 4.81. The van der Waals surface area contributed by atoms with Crippen LogP contribution in [0.3, 0.4) is 0 Å². The van der Waals surface area contributed by atoms with Crippen molar-refractivity contribution in [2.75, 3.05) is 0 Å². The van der Waals surface area contributed by atoms with Crippen molar-refractivity contribution in [1.29, 1.82) is 0 Å². The Morgan fingerprint density at radius 1 is 0.780 bits per heavy atom. The zero-order valence-corrected chi connectivity index (χ0v) is 31.9.